The normalized spacial score (nSPS) is 14.1. The Bertz CT molecular complexity index is 1700. The molecule has 0 aromatic carbocycles. The number of esters is 4. The molecule has 0 bridgehead atoms. The second kappa shape index (κ2) is 62.5. The first-order chi connectivity index (χ1) is 42.5. The van der Waals surface area contributed by atoms with Crippen LogP contribution in [0.2, 0.25) is 0 Å². The molecule has 88 heavy (non-hydrogen) atoms. The fraction of sp³-hybridized carbons (Fsp3) is 0.942. The van der Waals surface area contributed by atoms with E-state index in [0.29, 0.717) is 31.6 Å². The van der Waals surface area contributed by atoms with Crippen molar-refractivity contribution in [1.82, 2.24) is 0 Å². The van der Waals surface area contributed by atoms with E-state index < -0.39 is 97.5 Å². The molecule has 0 aromatic heterocycles. The molecule has 0 heterocycles. The van der Waals surface area contributed by atoms with Gasteiger partial charge in [-0.15, -0.1) is 0 Å². The molecule has 0 aromatic rings. The van der Waals surface area contributed by atoms with Gasteiger partial charge in [-0.2, -0.15) is 0 Å². The molecule has 19 heteroatoms. The molecule has 0 fully saturated rings. The number of aliphatic hydroxyl groups excluding tert-OH is 1. The summed E-state index contributed by atoms with van der Waals surface area (Å²) in [5, 5.41) is 10.6. The molecule has 0 spiro atoms. The fourth-order valence-corrected chi connectivity index (χ4v) is 12.0. The smallest absolute Gasteiger partial charge is 0.462 e. The summed E-state index contributed by atoms with van der Waals surface area (Å²) >= 11 is 0. The summed E-state index contributed by atoms with van der Waals surface area (Å²) in [6.45, 7) is 7.16. The van der Waals surface area contributed by atoms with Crippen molar-refractivity contribution < 1.29 is 80.2 Å². The molecule has 0 rings (SSSR count). The van der Waals surface area contributed by atoms with Crippen molar-refractivity contribution in [3.05, 3.63) is 0 Å². The summed E-state index contributed by atoms with van der Waals surface area (Å²) in [5.41, 5.74) is 0. The van der Waals surface area contributed by atoms with E-state index in [9.17, 15) is 43.2 Å². The number of carbonyl (C=O) groups is 4. The van der Waals surface area contributed by atoms with Gasteiger partial charge in [0.2, 0.25) is 0 Å². The van der Waals surface area contributed by atoms with Crippen molar-refractivity contribution in [3.63, 3.8) is 0 Å². The van der Waals surface area contributed by atoms with Crippen LogP contribution in [0.5, 0.6) is 0 Å². The van der Waals surface area contributed by atoms with Crippen LogP contribution in [-0.4, -0.2) is 96.7 Å². The van der Waals surface area contributed by atoms with E-state index in [4.69, 9.17) is 37.0 Å². The Hall–Kier alpha value is -1.94. The molecule has 0 amide bonds. The molecule has 3 N–H and O–H groups in total. The molecule has 5 atom stereocenters. The molecular weight excluding hydrogens is 1160 g/mol. The number of phosphoric ester groups is 2. The Kier molecular flexibility index (Phi) is 61.1. The number of unbranched alkanes of at least 4 members (excludes halogenated alkanes) is 41. The molecule has 0 aliphatic rings. The second-order valence-electron chi connectivity index (χ2n) is 25.4. The third kappa shape index (κ3) is 62.8. The van der Waals surface area contributed by atoms with Gasteiger partial charge >= 0.3 is 39.5 Å². The molecule has 0 saturated heterocycles. The Morgan fingerprint density at radius 3 is 0.773 bits per heavy atom. The Balaban J connectivity index is 5.19. The zero-order chi connectivity index (χ0) is 64.9. The van der Waals surface area contributed by atoms with Gasteiger partial charge in [0.1, 0.15) is 19.3 Å². The molecule has 0 saturated carbocycles. The maximum absolute atomic E-state index is 13.0. The van der Waals surface area contributed by atoms with Crippen LogP contribution in [0.15, 0.2) is 0 Å². The predicted molar refractivity (Wildman–Crippen MR) is 354 cm³/mol. The quantitative estimate of drug-likeness (QED) is 0.0222. The molecule has 522 valence electrons. The van der Waals surface area contributed by atoms with Gasteiger partial charge in [-0.1, -0.05) is 304 Å². The van der Waals surface area contributed by atoms with E-state index in [1.54, 1.807) is 0 Å². The number of ether oxygens (including phenoxy) is 4. The van der Waals surface area contributed by atoms with Crippen molar-refractivity contribution in [3.8, 4) is 0 Å². The first-order valence-corrected chi connectivity index (χ1v) is 39.1. The van der Waals surface area contributed by atoms with E-state index in [-0.39, 0.29) is 25.7 Å². The molecule has 0 aliphatic carbocycles. The lowest BCUT2D eigenvalue weighted by Crippen LogP contribution is -2.30. The Labute approximate surface area is 537 Å². The van der Waals surface area contributed by atoms with Crippen LogP contribution in [0, 0.1) is 5.92 Å². The first kappa shape index (κ1) is 86.1. The van der Waals surface area contributed by atoms with E-state index >= 15 is 0 Å². The standard InChI is InChI=1S/C69H134O17P2/c1-6-9-12-15-18-21-23-24-25-26-27-28-29-31-34-39-44-49-54-68(73)85-64(58-80-67(72)53-48-43-38-33-30-22-19-16-13-10-7-2)60-83-87(75,76)81-56-63(70)57-82-88(77,78)84-61-65(59-79-66(71)52-47-42-37-32-20-17-14-11-8-3)86-69(74)55-50-45-40-35-36-41-46-51-62(4)5/h62-65,70H,6-61H2,1-5H3,(H,75,76)(H,77,78)/t63-,64-,65-/m1/s1. The van der Waals surface area contributed by atoms with Gasteiger partial charge in [0, 0.05) is 25.7 Å². The molecule has 0 radical (unpaired) electrons. The van der Waals surface area contributed by atoms with Crippen LogP contribution in [0.1, 0.15) is 356 Å². The highest BCUT2D eigenvalue weighted by Crippen LogP contribution is 2.45. The lowest BCUT2D eigenvalue weighted by molar-refractivity contribution is -0.161. The minimum absolute atomic E-state index is 0.104. The van der Waals surface area contributed by atoms with Crippen LogP contribution < -0.4 is 0 Å². The zero-order valence-corrected chi connectivity index (χ0v) is 58.6. The SMILES string of the molecule is CCCCCCCCCCCCCCCCCCCCC(=O)O[C@H](COC(=O)CCCCCCCCCCCCC)COP(=O)(O)OC[C@@H](O)COP(=O)(O)OC[C@@H](COC(=O)CCCCCCCCCCC)OC(=O)CCCCCCCCCC(C)C. The Morgan fingerprint density at radius 1 is 0.307 bits per heavy atom. The van der Waals surface area contributed by atoms with Gasteiger partial charge in [-0.3, -0.25) is 37.3 Å². The van der Waals surface area contributed by atoms with Crippen LogP contribution in [0.25, 0.3) is 0 Å². The summed E-state index contributed by atoms with van der Waals surface area (Å²) in [6, 6.07) is 0. The molecule has 0 aliphatic heterocycles. The van der Waals surface area contributed by atoms with Crippen LogP contribution in [-0.2, 0) is 65.4 Å². The van der Waals surface area contributed by atoms with Crippen molar-refractivity contribution in [1.29, 1.82) is 0 Å². The van der Waals surface area contributed by atoms with Gasteiger partial charge in [0.05, 0.1) is 26.4 Å². The summed E-state index contributed by atoms with van der Waals surface area (Å²) in [4.78, 5) is 72.4. The lowest BCUT2D eigenvalue weighted by Gasteiger charge is -2.21. The number of carbonyl (C=O) groups excluding carboxylic acids is 4. The van der Waals surface area contributed by atoms with Crippen LogP contribution in [0.4, 0.5) is 0 Å². The van der Waals surface area contributed by atoms with Gasteiger partial charge in [0.25, 0.3) is 0 Å². The minimum Gasteiger partial charge on any atom is -0.462 e. The Morgan fingerprint density at radius 2 is 0.523 bits per heavy atom. The van der Waals surface area contributed by atoms with E-state index in [0.717, 1.165) is 89.9 Å². The second-order valence-corrected chi connectivity index (χ2v) is 28.3. The van der Waals surface area contributed by atoms with E-state index in [1.807, 2.05) is 0 Å². The highest BCUT2D eigenvalue weighted by molar-refractivity contribution is 7.47. The summed E-state index contributed by atoms with van der Waals surface area (Å²) < 4.78 is 68.2. The van der Waals surface area contributed by atoms with Crippen molar-refractivity contribution >= 4 is 39.5 Å². The average Bonchev–Trinajstić information content (AvgIpc) is 3.53. The van der Waals surface area contributed by atoms with E-state index in [2.05, 4.69) is 34.6 Å². The third-order valence-corrected chi connectivity index (χ3v) is 17.9. The van der Waals surface area contributed by atoms with Crippen LogP contribution >= 0.6 is 15.6 Å². The van der Waals surface area contributed by atoms with Crippen molar-refractivity contribution in [2.75, 3.05) is 39.6 Å². The third-order valence-electron chi connectivity index (χ3n) is 16.0. The summed E-state index contributed by atoms with van der Waals surface area (Å²) in [5.74, 6) is -1.43. The monoisotopic (exact) mass is 1300 g/mol. The fourth-order valence-electron chi connectivity index (χ4n) is 10.5. The lowest BCUT2D eigenvalue weighted by atomic mass is 10.0. The number of rotatable bonds is 69. The number of aliphatic hydroxyl groups is 1. The van der Waals surface area contributed by atoms with E-state index in [1.165, 1.54) is 180 Å². The maximum atomic E-state index is 13.0. The summed E-state index contributed by atoms with van der Waals surface area (Å²) in [6.07, 6.45) is 48.7. The number of hydrogen-bond donors (Lipinski definition) is 3. The predicted octanol–water partition coefficient (Wildman–Crippen LogP) is 19.7. The zero-order valence-electron chi connectivity index (χ0n) is 56.9. The minimum atomic E-state index is -4.95. The van der Waals surface area contributed by atoms with Gasteiger partial charge < -0.3 is 33.8 Å². The van der Waals surface area contributed by atoms with Gasteiger partial charge in [-0.05, 0) is 31.6 Å². The molecule has 17 nitrogen and oxygen atoms in total. The largest absolute Gasteiger partial charge is 0.472 e. The number of hydrogen-bond acceptors (Lipinski definition) is 15. The average molecular weight is 1300 g/mol. The van der Waals surface area contributed by atoms with Crippen molar-refractivity contribution in [2.45, 2.75) is 374 Å². The van der Waals surface area contributed by atoms with Gasteiger partial charge in [0.15, 0.2) is 12.2 Å². The van der Waals surface area contributed by atoms with Crippen LogP contribution in [0.3, 0.4) is 0 Å². The van der Waals surface area contributed by atoms with Gasteiger partial charge in [-0.25, -0.2) is 9.13 Å². The summed E-state index contributed by atoms with van der Waals surface area (Å²) in [7, 11) is -9.89. The highest BCUT2D eigenvalue weighted by atomic mass is 31.2. The molecule has 2 unspecified atom stereocenters. The topological polar surface area (TPSA) is 237 Å². The van der Waals surface area contributed by atoms with Crippen molar-refractivity contribution in [2.24, 2.45) is 5.92 Å². The maximum Gasteiger partial charge on any atom is 0.472 e. The highest BCUT2D eigenvalue weighted by Gasteiger charge is 2.30. The number of phosphoric acid groups is 2. The first-order valence-electron chi connectivity index (χ1n) is 36.1. The molecular formula is C69H134O17P2.